The van der Waals surface area contributed by atoms with Gasteiger partial charge in [-0.3, -0.25) is 4.79 Å². The van der Waals surface area contributed by atoms with Gasteiger partial charge in [0.05, 0.1) is 21.6 Å². The molecule has 4 nitrogen and oxygen atoms in total. The van der Waals surface area contributed by atoms with Crippen molar-refractivity contribution in [3.05, 3.63) is 33.8 Å². The average molecular weight is 350 g/mol. The van der Waals surface area contributed by atoms with Crippen LogP contribution in [0, 0.1) is 5.92 Å². The van der Waals surface area contributed by atoms with Crippen LogP contribution in [0.1, 0.15) is 29.6 Å². The van der Waals surface area contributed by atoms with Crippen molar-refractivity contribution < 1.29 is 13.2 Å². The van der Waals surface area contributed by atoms with Crippen LogP contribution in [0.25, 0.3) is 0 Å². The van der Waals surface area contributed by atoms with Gasteiger partial charge in [-0.2, -0.15) is 0 Å². The molecule has 116 valence electrons. The van der Waals surface area contributed by atoms with Crippen LogP contribution in [0.15, 0.2) is 18.2 Å². The molecule has 1 unspecified atom stereocenters. The van der Waals surface area contributed by atoms with Gasteiger partial charge in [0.2, 0.25) is 0 Å². The van der Waals surface area contributed by atoms with Crippen molar-refractivity contribution in [2.45, 2.75) is 19.3 Å². The second-order valence-electron chi connectivity index (χ2n) is 5.30. The first-order valence-electron chi connectivity index (χ1n) is 6.81. The van der Waals surface area contributed by atoms with Crippen molar-refractivity contribution in [1.29, 1.82) is 0 Å². The van der Waals surface area contributed by atoms with Gasteiger partial charge >= 0.3 is 0 Å². The minimum absolute atomic E-state index is 0.201. The van der Waals surface area contributed by atoms with Crippen molar-refractivity contribution >= 4 is 38.9 Å². The fourth-order valence-electron chi connectivity index (χ4n) is 2.43. The fourth-order valence-corrected chi connectivity index (χ4v) is 4.64. The highest BCUT2D eigenvalue weighted by Gasteiger charge is 2.27. The Labute approximate surface area is 134 Å². The smallest absolute Gasteiger partial charge is 0.251 e. The minimum Gasteiger partial charge on any atom is -0.352 e. The summed E-state index contributed by atoms with van der Waals surface area (Å²) in [6, 6.07) is 4.73. The molecule has 0 saturated carbocycles. The number of halogens is 2. The van der Waals surface area contributed by atoms with Crippen molar-refractivity contribution in [2.75, 3.05) is 18.1 Å². The van der Waals surface area contributed by atoms with Gasteiger partial charge < -0.3 is 5.32 Å². The number of carbonyl (C=O) groups is 1. The highest BCUT2D eigenvalue weighted by molar-refractivity contribution is 7.91. The quantitative estimate of drug-likeness (QED) is 0.831. The lowest BCUT2D eigenvalue weighted by atomic mass is 10.0. The number of benzene rings is 1. The van der Waals surface area contributed by atoms with E-state index in [9.17, 15) is 13.2 Å². The molecular formula is C14H17Cl2NO3S. The highest BCUT2D eigenvalue weighted by atomic mass is 35.5. The van der Waals surface area contributed by atoms with E-state index in [0.29, 0.717) is 27.9 Å². The van der Waals surface area contributed by atoms with E-state index >= 15 is 0 Å². The lowest BCUT2D eigenvalue weighted by Crippen LogP contribution is -2.24. The summed E-state index contributed by atoms with van der Waals surface area (Å²) in [7, 11) is -2.82. The zero-order chi connectivity index (χ0) is 15.5. The lowest BCUT2D eigenvalue weighted by molar-refractivity contribution is 0.0952. The molecule has 0 radical (unpaired) electrons. The topological polar surface area (TPSA) is 63.2 Å². The predicted octanol–water partition coefficient (Wildman–Crippen LogP) is 2.94. The summed E-state index contributed by atoms with van der Waals surface area (Å²) < 4.78 is 22.7. The molecule has 1 N–H and O–H groups in total. The molecule has 1 heterocycles. The molecular weight excluding hydrogens is 333 g/mol. The summed E-state index contributed by atoms with van der Waals surface area (Å²) in [5.41, 5.74) is 0.466. The molecule has 1 aromatic rings. The third-order valence-electron chi connectivity index (χ3n) is 3.58. The molecule has 0 aliphatic carbocycles. The van der Waals surface area contributed by atoms with Gasteiger partial charge in [-0.15, -0.1) is 0 Å². The molecule has 0 bridgehead atoms. The second-order valence-corrected chi connectivity index (χ2v) is 8.34. The van der Waals surface area contributed by atoms with Crippen LogP contribution in [-0.2, 0) is 9.84 Å². The number of hydrogen-bond acceptors (Lipinski definition) is 3. The molecule has 1 saturated heterocycles. The largest absolute Gasteiger partial charge is 0.352 e. The first kappa shape index (κ1) is 16.6. The SMILES string of the molecule is O=C(NCCCC1CCS(=O)(=O)C1)c1ccc(Cl)c(Cl)c1. The molecule has 2 rings (SSSR count). The number of hydrogen-bond donors (Lipinski definition) is 1. The average Bonchev–Trinajstić information content (AvgIpc) is 2.77. The molecule has 1 atom stereocenters. The van der Waals surface area contributed by atoms with Crippen LogP contribution >= 0.6 is 23.2 Å². The first-order chi connectivity index (χ1) is 9.87. The maximum atomic E-state index is 11.9. The molecule has 1 amide bonds. The third kappa shape index (κ3) is 4.87. The van der Waals surface area contributed by atoms with Gasteiger partial charge in [-0.05, 0) is 43.4 Å². The van der Waals surface area contributed by atoms with E-state index in [0.717, 1.165) is 19.3 Å². The fraction of sp³-hybridized carbons (Fsp3) is 0.500. The van der Waals surface area contributed by atoms with E-state index in [2.05, 4.69) is 5.32 Å². The van der Waals surface area contributed by atoms with Gasteiger partial charge in [0.15, 0.2) is 9.84 Å². The van der Waals surface area contributed by atoms with Gasteiger partial charge in [-0.1, -0.05) is 23.2 Å². The maximum Gasteiger partial charge on any atom is 0.251 e. The van der Waals surface area contributed by atoms with E-state index in [4.69, 9.17) is 23.2 Å². The Morgan fingerprint density at radius 3 is 2.67 bits per heavy atom. The van der Waals surface area contributed by atoms with Crippen LogP contribution in [0.4, 0.5) is 0 Å². The molecule has 21 heavy (non-hydrogen) atoms. The summed E-state index contributed by atoms with van der Waals surface area (Å²) >= 11 is 11.7. The lowest BCUT2D eigenvalue weighted by Gasteiger charge is -2.09. The Kier molecular flexibility index (Phi) is 5.52. The first-order valence-corrected chi connectivity index (χ1v) is 9.39. The van der Waals surface area contributed by atoms with Gasteiger partial charge in [0.1, 0.15) is 0 Å². The summed E-state index contributed by atoms with van der Waals surface area (Å²) in [5.74, 6) is 0.616. The normalized spacial score (nSPS) is 20.4. The van der Waals surface area contributed by atoms with E-state index in [-0.39, 0.29) is 17.6 Å². The monoisotopic (exact) mass is 349 g/mol. The van der Waals surface area contributed by atoms with Gasteiger partial charge in [0, 0.05) is 12.1 Å². The molecule has 1 aliphatic heterocycles. The number of carbonyl (C=O) groups excluding carboxylic acids is 1. The summed E-state index contributed by atoms with van der Waals surface area (Å²) in [5, 5.41) is 3.56. The van der Waals surface area contributed by atoms with Crippen LogP contribution in [0.5, 0.6) is 0 Å². The van der Waals surface area contributed by atoms with Crippen molar-refractivity contribution in [1.82, 2.24) is 5.32 Å². The summed E-state index contributed by atoms with van der Waals surface area (Å²) in [4.78, 5) is 11.9. The summed E-state index contributed by atoms with van der Waals surface area (Å²) in [6.45, 7) is 0.523. The Bertz CT molecular complexity index is 631. The Hall–Kier alpha value is -0.780. The molecule has 0 aromatic heterocycles. The number of nitrogens with one attached hydrogen (secondary N) is 1. The zero-order valence-electron chi connectivity index (χ0n) is 11.4. The van der Waals surface area contributed by atoms with Crippen LogP contribution in [0.2, 0.25) is 10.0 Å². The minimum atomic E-state index is -2.82. The second kappa shape index (κ2) is 6.99. The van der Waals surface area contributed by atoms with E-state index in [1.807, 2.05) is 0 Å². The number of amides is 1. The Morgan fingerprint density at radius 2 is 2.05 bits per heavy atom. The molecule has 0 spiro atoms. The number of rotatable bonds is 5. The Morgan fingerprint density at radius 1 is 1.29 bits per heavy atom. The van der Waals surface area contributed by atoms with Crippen molar-refractivity contribution in [2.24, 2.45) is 5.92 Å². The van der Waals surface area contributed by atoms with Gasteiger partial charge in [0.25, 0.3) is 5.91 Å². The molecule has 1 aliphatic rings. The van der Waals surface area contributed by atoms with Crippen LogP contribution in [-0.4, -0.2) is 32.4 Å². The van der Waals surface area contributed by atoms with Crippen molar-refractivity contribution in [3.8, 4) is 0 Å². The van der Waals surface area contributed by atoms with E-state index in [1.165, 1.54) is 6.07 Å². The third-order valence-corrected chi connectivity index (χ3v) is 6.16. The standard InChI is InChI=1S/C14H17Cl2NO3S/c15-12-4-3-11(8-13(12)16)14(18)17-6-1-2-10-5-7-21(19,20)9-10/h3-4,8,10H,1-2,5-7,9H2,(H,17,18). The predicted molar refractivity (Wildman–Crippen MR) is 84.8 cm³/mol. The maximum absolute atomic E-state index is 11.9. The van der Waals surface area contributed by atoms with Gasteiger partial charge in [-0.25, -0.2) is 8.42 Å². The molecule has 7 heteroatoms. The zero-order valence-corrected chi connectivity index (χ0v) is 13.8. The number of sulfone groups is 1. The summed E-state index contributed by atoms with van der Waals surface area (Å²) in [6.07, 6.45) is 2.33. The van der Waals surface area contributed by atoms with Crippen LogP contribution < -0.4 is 5.32 Å². The van der Waals surface area contributed by atoms with Crippen LogP contribution in [0.3, 0.4) is 0 Å². The highest BCUT2D eigenvalue weighted by Crippen LogP contribution is 2.23. The van der Waals surface area contributed by atoms with E-state index < -0.39 is 9.84 Å². The Balaban J connectivity index is 1.73. The molecule has 1 fully saturated rings. The van der Waals surface area contributed by atoms with Crippen molar-refractivity contribution in [3.63, 3.8) is 0 Å². The van der Waals surface area contributed by atoms with E-state index in [1.54, 1.807) is 12.1 Å². The molecule has 1 aromatic carbocycles.